The zero-order valence-electron chi connectivity index (χ0n) is 4.98. The molecule has 0 saturated heterocycles. The van der Waals surface area contributed by atoms with Gasteiger partial charge in [-0.2, -0.15) is 0 Å². The average molecular weight is 112 g/mol. The highest BCUT2D eigenvalue weighted by Gasteiger charge is 1.88. The van der Waals surface area contributed by atoms with Crippen molar-refractivity contribution in [3.63, 3.8) is 0 Å². The molecule has 0 saturated carbocycles. The third-order valence-corrected chi connectivity index (χ3v) is 0.749. The van der Waals surface area contributed by atoms with Gasteiger partial charge in [0.25, 0.3) is 0 Å². The third kappa shape index (κ3) is 3.40. The number of hydrogen-bond donors (Lipinski definition) is 1. The summed E-state index contributed by atoms with van der Waals surface area (Å²) in [6.45, 7) is 3.43. The highest BCUT2D eigenvalue weighted by molar-refractivity contribution is 5.76. The van der Waals surface area contributed by atoms with Crippen molar-refractivity contribution in [3.8, 4) is 0 Å². The molecular formula is C6H10NO. The van der Waals surface area contributed by atoms with Gasteiger partial charge in [0.15, 0.2) is 0 Å². The summed E-state index contributed by atoms with van der Waals surface area (Å²) in [6.07, 6.45) is 3.74. The molecule has 0 atom stereocenters. The van der Waals surface area contributed by atoms with Crippen LogP contribution in [0.2, 0.25) is 0 Å². The van der Waals surface area contributed by atoms with Gasteiger partial charge in [0.05, 0.1) is 0 Å². The SMILES string of the molecule is [CH2]/C=C/CC(=O)NC. The van der Waals surface area contributed by atoms with Crippen LogP contribution in [0.5, 0.6) is 0 Å². The fourth-order valence-corrected chi connectivity index (χ4v) is 0.292. The highest BCUT2D eigenvalue weighted by Crippen LogP contribution is 1.79. The van der Waals surface area contributed by atoms with E-state index in [2.05, 4.69) is 12.2 Å². The Morgan fingerprint density at radius 2 is 2.50 bits per heavy atom. The first-order valence-corrected chi connectivity index (χ1v) is 2.46. The number of hydrogen-bond acceptors (Lipinski definition) is 1. The van der Waals surface area contributed by atoms with Gasteiger partial charge in [-0.15, -0.1) is 0 Å². The Morgan fingerprint density at radius 3 is 2.88 bits per heavy atom. The number of nitrogens with one attached hydrogen (secondary N) is 1. The second kappa shape index (κ2) is 4.37. The summed E-state index contributed by atoms with van der Waals surface area (Å²) >= 11 is 0. The number of rotatable bonds is 2. The number of amides is 1. The lowest BCUT2D eigenvalue weighted by Gasteiger charge is -1.89. The van der Waals surface area contributed by atoms with Crippen LogP contribution in [0.25, 0.3) is 0 Å². The van der Waals surface area contributed by atoms with Crippen molar-refractivity contribution in [1.29, 1.82) is 0 Å². The van der Waals surface area contributed by atoms with Gasteiger partial charge in [0.1, 0.15) is 0 Å². The van der Waals surface area contributed by atoms with Crippen molar-refractivity contribution < 1.29 is 4.79 Å². The Kier molecular flexibility index (Phi) is 3.94. The van der Waals surface area contributed by atoms with Crippen LogP contribution in [0.1, 0.15) is 6.42 Å². The first-order valence-electron chi connectivity index (χ1n) is 2.46. The Bertz CT molecular complexity index is 96.7. The van der Waals surface area contributed by atoms with Crippen LogP contribution in [0, 0.1) is 6.92 Å². The fraction of sp³-hybridized carbons (Fsp3) is 0.333. The van der Waals surface area contributed by atoms with E-state index in [0.29, 0.717) is 6.42 Å². The van der Waals surface area contributed by atoms with Crippen LogP contribution in [0.3, 0.4) is 0 Å². The summed E-state index contributed by atoms with van der Waals surface area (Å²) in [4.78, 5) is 10.4. The van der Waals surface area contributed by atoms with Crippen LogP contribution < -0.4 is 5.32 Å². The molecule has 0 unspecified atom stereocenters. The van der Waals surface area contributed by atoms with Crippen molar-refractivity contribution in [2.75, 3.05) is 7.05 Å². The second-order valence-corrected chi connectivity index (χ2v) is 1.35. The normalized spacial score (nSPS) is 9.75. The lowest BCUT2D eigenvalue weighted by Crippen LogP contribution is -2.15. The van der Waals surface area contributed by atoms with E-state index < -0.39 is 0 Å². The minimum Gasteiger partial charge on any atom is -0.359 e. The molecule has 1 N–H and O–H groups in total. The zero-order valence-corrected chi connectivity index (χ0v) is 4.98. The largest absolute Gasteiger partial charge is 0.359 e. The molecule has 0 spiro atoms. The quantitative estimate of drug-likeness (QED) is 0.554. The van der Waals surface area contributed by atoms with Crippen molar-refractivity contribution in [1.82, 2.24) is 5.32 Å². The molecular weight excluding hydrogens is 102 g/mol. The highest BCUT2D eigenvalue weighted by atomic mass is 16.1. The van der Waals surface area contributed by atoms with Crippen molar-refractivity contribution in [2.24, 2.45) is 0 Å². The van der Waals surface area contributed by atoms with Gasteiger partial charge in [-0.3, -0.25) is 4.79 Å². The lowest BCUT2D eigenvalue weighted by molar-refractivity contribution is -0.119. The average Bonchev–Trinajstić information content (AvgIpc) is 1.83. The van der Waals surface area contributed by atoms with E-state index in [0.717, 1.165) is 0 Å². The monoisotopic (exact) mass is 112 g/mol. The van der Waals surface area contributed by atoms with E-state index in [9.17, 15) is 4.79 Å². The summed E-state index contributed by atoms with van der Waals surface area (Å²) in [5.74, 6) is 0.0184. The minimum atomic E-state index is 0.0184. The zero-order chi connectivity index (χ0) is 6.41. The third-order valence-electron chi connectivity index (χ3n) is 0.749. The second-order valence-electron chi connectivity index (χ2n) is 1.35. The van der Waals surface area contributed by atoms with Gasteiger partial charge in [-0.25, -0.2) is 0 Å². The molecule has 2 nitrogen and oxygen atoms in total. The molecule has 0 aliphatic carbocycles. The maximum absolute atomic E-state index is 10.4. The van der Waals surface area contributed by atoms with Crippen LogP contribution in [0.15, 0.2) is 12.2 Å². The summed E-state index contributed by atoms with van der Waals surface area (Å²) < 4.78 is 0. The lowest BCUT2D eigenvalue weighted by atomic mass is 10.4. The molecule has 0 aromatic rings. The molecule has 0 bridgehead atoms. The molecule has 2 heteroatoms. The number of carbonyl (C=O) groups is 1. The standard InChI is InChI=1S/C6H10NO/c1-3-4-5-6(8)7-2/h3-4H,1,5H2,2H3,(H,7,8)/b4-3+. The summed E-state index contributed by atoms with van der Waals surface area (Å²) in [5.41, 5.74) is 0. The molecule has 0 aromatic heterocycles. The molecule has 45 valence electrons. The van der Waals surface area contributed by atoms with Crippen LogP contribution >= 0.6 is 0 Å². The molecule has 0 fully saturated rings. The maximum Gasteiger partial charge on any atom is 0.223 e. The molecule has 0 heterocycles. The van der Waals surface area contributed by atoms with Crippen LogP contribution in [-0.2, 0) is 4.79 Å². The van der Waals surface area contributed by atoms with Crippen LogP contribution in [0.4, 0.5) is 0 Å². The molecule has 1 radical (unpaired) electrons. The van der Waals surface area contributed by atoms with Gasteiger partial charge < -0.3 is 5.32 Å². The minimum absolute atomic E-state index is 0.0184. The topological polar surface area (TPSA) is 29.1 Å². The fourth-order valence-electron chi connectivity index (χ4n) is 0.292. The smallest absolute Gasteiger partial charge is 0.223 e. The van der Waals surface area contributed by atoms with E-state index in [1.807, 2.05) is 0 Å². The van der Waals surface area contributed by atoms with Crippen LogP contribution in [-0.4, -0.2) is 13.0 Å². The predicted octanol–water partition coefficient (Wildman–Crippen LogP) is 0.513. The first kappa shape index (κ1) is 7.21. The number of allylic oxidation sites excluding steroid dienone is 1. The Hall–Kier alpha value is -0.790. The first-order chi connectivity index (χ1) is 3.81. The molecule has 0 aliphatic rings. The van der Waals surface area contributed by atoms with E-state index in [-0.39, 0.29) is 5.91 Å². The van der Waals surface area contributed by atoms with Gasteiger partial charge in [0, 0.05) is 13.5 Å². The Labute approximate surface area is 49.6 Å². The van der Waals surface area contributed by atoms with Gasteiger partial charge in [-0.05, 0) is 6.92 Å². The molecule has 0 aromatic carbocycles. The van der Waals surface area contributed by atoms with E-state index in [1.54, 1.807) is 19.2 Å². The summed E-state index contributed by atoms with van der Waals surface area (Å²) in [5, 5.41) is 2.48. The molecule has 8 heavy (non-hydrogen) atoms. The number of carbonyl (C=O) groups excluding carboxylic acids is 1. The molecule has 1 amide bonds. The maximum atomic E-state index is 10.4. The van der Waals surface area contributed by atoms with Crippen molar-refractivity contribution in [3.05, 3.63) is 19.1 Å². The predicted molar refractivity (Wildman–Crippen MR) is 33.2 cm³/mol. The van der Waals surface area contributed by atoms with Crippen molar-refractivity contribution in [2.45, 2.75) is 6.42 Å². The summed E-state index contributed by atoms with van der Waals surface area (Å²) in [7, 11) is 1.61. The van der Waals surface area contributed by atoms with Gasteiger partial charge >= 0.3 is 0 Å². The van der Waals surface area contributed by atoms with E-state index in [1.165, 1.54) is 0 Å². The Balaban J connectivity index is 3.25. The van der Waals surface area contributed by atoms with E-state index in [4.69, 9.17) is 0 Å². The van der Waals surface area contributed by atoms with Gasteiger partial charge in [-0.1, -0.05) is 12.2 Å². The van der Waals surface area contributed by atoms with Gasteiger partial charge in [0.2, 0.25) is 5.91 Å². The molecule has 0 rings (SSSR count). The molecule has 0 aliphatic heterocycles. The van der Waals surface area contributed by atoms with Crippen molar-refractivity contribution >= 4 is 5.91 Å². The summed E-state index contributed by atoms with van der Waals surface area (Å²) in [6, 6.07) is 0. The van der Waals surface area contributed by atoms with E-state index >= 15 is 0 Å². The Morgan fingerprint density at radius 1 is 1.88 bits per heavy atom.